The fourth-order valence-electron chi connectivity index (χ4n) is 3.45. The van der Waals surface area contributed by atoms with Crippen LogP contribution >= 0.6 is 12.4 Å². The summed E-state index contributed by atoms with van der Waals surface area (Å²) in [4.78, 5) is 26.0. The number of hydrogen-bond donors (Lipinski definition) is 1. The highest BCUT2D eigenvalue weighted by Crippen LogP contribution is 2.29. The SMILES string of the molecule is Cl.O=C(c1c(F)cc(F)cc1F)C1CCN(C(=O)C2CC(F)(F)CN2)CC1. The molecule has 2 heterocycles. The lowest BCUT2D eigenvalue weighted by atomic mass is 9.88. The average Bonchev–Trinajstić information content (AvgIpc) is 2.93. The van der Waals surface area contributed by atoms with Crippen LogP contribution in [0.25, 0.3) is 0 Å². The smallest absolute Gasteiger partial charge is 0.262 e. The van der Waals surface area contributed by atoms with Crippen molar-refractivity contribution in [3.05, 3.63) is 35.1 Å². The van der Waals surface area contributed by atoms with Crippen LogP contribution in [0.5, 0.6) is 0 Å². The first kappa shape index (κ1) is 21.6. The predicted molar refractivity (Wildman–Crippen MR) is 88.6 cm³/mol. The lowest BCUT2D eigenvalue weighted by molar-refractivity contribution is -0.135. The van der Waals surface area contributed by atoms with Crippen LogP contribution in [0.2, 0.25) is 0 Å². The minimum Gasteiger partial charge on any atom is -0.341 e. The van der Waals surface area contributed by atoms with Gasteiger partial charge in [-0.2, -0.15) is 0 Å². The molecular weight excluding hydrogens is 395 g/mol. The van der Waals surface area contributed by atoms with Crippen molar-refractivity contribution in [1.82, 2.24) is 10.2 Å². The Labute approximate surface area is 158 Å². The highest BCUT2D eigenvalue weighted by Gasteiger charge is 2.44. The minimum absolute atomic E-state index is 0. The molecule has 1 atom stereocenters. The van der Waals surface area contributed by atoms with Crippen LogP contribution in [-0.4, -0.2) is 48.2 Å². The van der Waals surface area contributed by atoms with Gasteiger partial charge in [0.05, 0.1) is 18.2 Å². The number of rotatable bonds is 3. The van der Waals surface area contributed by atoms with Crippen LogP contribution in [0.1, 0.15) is 29.6 Å². The zero-order valence-electron chi connectivity index (χ0n) is 14.1. The quantitative estimate of drug-likeness (QED) is 0.613. The number of halogens is 6. The summed E-state index contributed by atoms with van der Waals surface area (Å²) in [7, 11) is 0. The standard InChI is InChI=1S/C17H17F5N2O2.ClH/c18-10-5-11(19)14(12(20)6-10)15(25)9-1-3-24(4-2-9)16(26)13-7-17(21,22)8-23-13;/h5-6,9,13,23H,1-4,7-8H2;1H. The maximum Gasteiger partial charge on any atom is 0.262 e. The van der Waals surface area contributed by atoms with Crippen LogP contribution in [0.4, 0.5) is 22.0 Å². The minimum atomic E-state index is -2.92. The van der Waals surface area contributed by atoms with Crippen molar-refractivity contribution >= 4 is 24.1 Å². The highest BCUT2D eigenvalue weighted by atomic mass is 35.5. The molecule has 2 saturated heterocycles. The molecule has 1 aromatic rings. The molecule has 1 aromatic carbocycles. The molecule has 27 heavy (non-hydrogen) atoms. The Bertz CT molecular complexity index is 715. The molecule has 1 unspecified atom stereocenters. The van der Waals surface area contributed by atoms with Gasteiger partial charge in [0.15, 0.2) is 5.78 Å². The van der Waals surface area contributed by atoms with Crippen molar-refractivity contribution in [3.63, 3.8) is 0 Å². The lowest BCUT2D eigenvalue weighted by Gasteiger charge is -2.33. The fraction of sp³-hybridized carbons (Fsp3) is 0.529. The number of likely N-dealkylation sites (tertiary alicyclic amines) is 1. The van der Waals surface area contributed by atoms with E-state index >= 15 is 0 Å². The van der Waals surface area contributed by atoms with Crippen LogP contribution in [0.15, 0.2) is 12.1 Å². The van der Waals surface area contributed by atoms with Gasteiger partial charge in [-0.1, -0.05) is 0 Å². The number of alkyl halides is 2. The third-order valence-corrected chi connectivity index (χ3v) is 4.84. The van der Waals surface area contributed by atoms with E-state index in [1.807, 2.05) is 0 Å². The number of benzene rings is 1. The van der Waals surface area contributed by atoms with Crippen molar-refractivity contribution in [3.8, 4) is 0 Å². The van der Waals surface area contributed by atoms with Crippen LogP contribution < -0.4 is 5.32 Å². The number of carbonyl (C=O) groups excluding carboxylic acids is 2. The molecule has 0 spiro atoms. The van der Waals surface area contributed by atoms with Gasteiger partial charge in [0, 0.05) is 37.6 Å². The largest absolute Gasteiger partial charge is 0.341 e. The summed E-state index contributed by atoms with van der Waals surface area (Å²) in [6.45, 7) is -0.297. The number of hydrogen-bond acceptors (Lipinski definition) is 3. The van der Waals surface area contributed by atoms with Gasteiger partial charge in [-0.3, -0.25) is 14.9 Å². The van der Waals surface area contributed by atoms with E-state index in [1.54, 1.807) is 0 Å². The van der Waals surface area contributed by atoms with E-state index in [2.05, 4.69) is 5.32 Å². The van der Waals surface area contributed by atoms with Gasteiger partial charge in [0.2, 0.25) is 5.91 Å². The number of Topliss-reactive ketones (excluding diaryl/α,β-unsaturated/α-hetero) is 1. The second kappa shape index (κ2) is 8.10. The van der Waals surface area contributed by atoms with Crippen LogP contribution in [0, 0.1) is 23.4 Å². The van der Waals surface area contributed by atoms with Crippen molar-refractivity contribution < 1.29 is 31.5 Å². The summed E-state index contributed by atoms with van der Waals surface area (Å²) in [5, 5.41) is 2.48. The third kappa shape index (κ3) is 4.57. The Morgan fingerprint density at radius 3 is 2.11 bits per heavy atom. The molecule has 0 aliphatic carbocycles. The summed E-state index contributed by atoms with van der Waals surface area (Å²) in [6, 6.07) is -0.0776. The number of ketones is 1. The molecule has 0 aromatic heterocycles. The first-order valence-corrected chi connectivity index (χ1v) is 8.27. The zero-order chi connectivity index (χ0) is 19.1. The second-order valence-electron chi connectivity index (χ2n) is 6.70. The van der Waals surface area contributed by atoms with E-state index in [9.17, 15) is 31.5 Å². The molecule has 1 amide bonds. The Morgan fingerprint density at radius 1 is 1.07 bits per heavy atom. The number of amides is 1. The molecule has 0 bridgehead atoms. The first-order chi connectivity index (χ1) is 12.2. The maximum atomic E-state index is 13.8. The molecule has 1 N–H and O–H groups in total. The molecular formula is C17H18ClF5N2O2. The number of nitrogens with one attached hydrogen (secondary N) is 1. The summed E-state index contributed by atoms with van der Waals surface area (Å²) in [6.07, 6.45) is -0.259. The van der Waals surface area contributed by atoms with Gasteiger partial charge in [-0.15, -0.1) is 12.4 Å². The van der Waals surface area contributed by atoms with Gasteiger partial charge in [0.1, 0.15) is 17.5 Å². The van der Waals surface area contributed by atoms with Crippen LogP contribution in [0.3, 0.4) is 0 Å². The highest BCUT2D eigenvalue weighted by molar-refractivity contribution is 5.98. The topological polar surface area (TPSA) is 49.4 Å². The molecule has 2 aliphatic rings. The van der Waals surface area contributed by atoms with Crippen molar-refractivity contribution in [2.75, 3.05) is 19.6 Å². The zero-order valence-corrected chi connectivity index (χ0v) is 14.9. The number of nitrogens with zero attached hydrogens (tertiary/aromatic N) is 1. The lowest BCUT2D eigenvalue weighted by Crippen LogP contribution is -2.47. The van der Waals surface area contributed by atoms with E-state index < -0.39 is 65.6 Å². The van der Waals surface area contributed by atoms with Gasteiger partial charge in [-0.25, -0.2) is 22.0 Å². The number of carbonyl (C=O) groups is 2. The predicted octanol–water partition coefficient (Wildman–Crippen LogP) is 2.94. The Balaban J connectivity index is 0.00000261. The van der Waals surface area contributed by atoms with E-state index in [1.165, 1.54) is 4.90 Å². The van der Waals surface area contributed by atoms with Gasteiger partial charge < -0.3 is 4.90 Å². The summed E-state index contributed by atoms with van der Waals surface area (Å²) in [5.74, 6) is -8.52. The van der Waals surface area contributed by atoms with Crippen molar-refractivity contribution in [2.24, 2.45) is 5.92 Å². The molecule has 0 radical (unpaired) electrons. The molecule has 2 aliphatic heterocycles. The monoisotopic (exact) mass is 412 g/mol. The van der Waals surface area contributed by atoms with Crippen LogP contribution in [-0.2, 0) is 4.79 Å². The molecule has 3 rings (SSSR count). The third-order valence-electron chi connectivity index (χ3n) is 4.84. The van der Waals surface area contributed by atoms with E-state index in [0.717, 1.165) is 0 Å². The summed E-state index contributed by atoms with van der Waals surface area (Å²) >= 11 is 0. The second-order valence-corrected chi connectivity index (χ2v) is 6.70. The molecule has 10 heteroatoms. The fourth-order valence-corrected chi connectivity index (χ4v) is 3.45. The molecule has 4 nitrogen and oxygen atoms in total. The Hall–Kier alpha value is -1.74. The molecule has 0 saturated carbocycles. The molecule has 2 fully saturated rings. The summed E-state index contributed by atoms with van der Waals surface area (Å²) < 4.78 is 66.9. The normalized spacial score (nSPS) is 22.4. The van der Waals surface area contributed by atoms with Crippen molar-refractivity contribution in [2.45, 2.75) is 31.2 Å². The Kier molecular flexibility index (Phi) is 6.47. The maximum absolute atomic E-state index is 13.8. The molecule has 150 valence electrons. The van der Waals surface area contributed by atoms with E-state index in [0.29, 0.717) is 12.1 Å². The van der Waals surface area contributed by atoms with Crippen molar-refractivity contribution in [1.29, 1.82) is 0 Å². The summed E-state index contributed by atoms with van der Waals surface area (Å²) in [5.41, 5.74) is -0.784. The van der Waals surface area contributed by atoms with E-state index in [-0.39, 0.29) is 38.3 Å². The van der Waals surface area contributed by atoms with Gasteiger partial charge in [0.25, 0.3) is 5.92 Å². The Morgan fingerprint density at radius 2 is 1.63 bits per heavy atom. The first-order valence-electron chi connectivity index (χ1n) is 8.27. The van der Waals surface area contributed by atoms with E-state index in [4.69, 9.17) is 0 Å². The number of piperidine rings is 1. The van der Waals surface area contributed by atoms with Gasteiger partial charge >= 0.3 is 0 Å². The average molecular weight is 413 g/mol. The van der Waals surface area contributed by atoms with Gasteiger partial charge in [-0.05, 0) is 12.8 Å².